The Hall–Kier alpha value is -3.09. The van der Waals surface area contributed by atoms with Crippen LogP contribution in [0.15, 0.2) is 77.3 Å². The molecule has 0 aliphatic carbocycles. The second-order valence-electron chi connectivity index (χ2n) is 7.40. The second kappa shape index (κ2) is 7.87. The van der Waals surface area contributed by atoms with E-state index in [1.807, 2.05) is 59.5 Å². The zero-order chi connectivity index (χ0) is 21.5. The quantitative estimate of drug-likeness (QED) is 0.369. The molecule has 1 aromatic heterocycles. The summed E-state index contributed by atoms with van der Waals surface area (Å²) in [6, 6.07) is 22.2. The van der Waals surface area contributed by atoms with Crippen LogP contribution in [-0.4, -0.2) is 26.1 Å². The highest BCUT2D eigenvalue weighted by atomic mass is 79.9. The van der Waals surface area contributed by atoms with Crippen molar-refractivity contribution in [3.05, 3.63) is 105 Å². The van der Waals surface area contributed by atoms with Gasteiger partial charge in [0.2, 0.25) is 0 Å². The minimum Gasteiger partial charge on any atom is -0.507 e. The summed E-state index contributed by atoms with van der Waals surface area (Å²) in [6.07, 6.45) is 0. The number of fused-ring (bicyclic) bond motifs is 1. The first-order chi connectivity index (χ1) is 15.0. The first-order valence-electron chi connectivity index (χ1n) is 9.70. The molecule has 0 radical (unpaired) electrons. The maximum absolute atomic E-state index is 13.4. The molecule has 3 aromatic carbocycles. The predicted octanol–water partition coefficient (Wildman–Crippen LogP) is 5.94. The molecule has 7 heteroatoms. The number of nitrogens with zero attached hydrogens (tertiary/aromatic N) is 2. The average molecular weight is 495 g/mol. The number of amides is 1. The van der Waals surface area contributed by atoms with Crippen molar-refractivity contribution < 1.29 is 9.90 Å². The lowest BCUT2D eigenvalue weighted by atomic mass is 9.95. The lowest BCUT2D eigenvalue weighted by Crippen LogP contribution is -2.29. The SMILES string of the molecule is O=C1c2[nH]nc(-c3cc(Cl)ccc3O)c2C(c2ccc(Br)cc2)N1Cc1ccccc1. The summed E-state index contributed by atoms with van der Waals surface area (Å²) in [7, 11) is 0. The zero-order valence-electron chi connectivity index (χ0n) is 16.2. The fraction of sp³-hybridized carbons (Fsp3) is 0.0833. The van der Waals surface area contributed by atoms with E-state index in [0.29, 0.717) is 28.5 Å². The molecule has 5 rings (SSSR count). The lowest BCUT2D eigenvalue weighted by molar-refractivity contribution is 0.0730. The van der Waals surface area contributed by atoms with Gasteiger partial charge in [0.25, 0.3) is 5.91 Å². The average Bonchev–Trinajstić information content (AvgIpc) is 3.31. The molecule has 1 amide bonds. The Labute approximate surface area is 192 Å². The Morgan fingerprint density at radius 2 is 1.81 bits per heavy atom. The number of phenols is 1. The van der Waals surface area contributed by atoms with Gasteiger partial charge in [0.15, 0.2) is 0 Å². The van der Waals surface area contributed by atoms with E-state index in [0.717, 1.165) is 21.2 Å². The van der Waals surface area contributed by atoms with Crippen LogP contribution >= 0.6 is 27.5 Å². The first-order valence-corrected chi connectivity index (χ1v) is 10.9. The number of aromatic hydroxyl groups is 1. The van der Waals surface area contributed by atoms with Crippen molar-refractivity contribution in [2.24, 2.45) is 0 Å². The van der Waals surface area contributed by atoms with Crippen LogP contribution < -0.4 is 0 Å². The van der Waals surface area contributed by atoms with E-state index < -0.39 is 0 Å². The largest absolute Gasteiger partial charge is 0.507 e. The minimum atomic E-state index is -0.358. The van der Waals surface area contributed by atoms with Crippen LogP contribution in [0, 0.1) is 0 Å². The predicted molar refractivity (Wildman–Crippen MR) is 123 cm³/mol. The van der Waals surface area contributed by atoms with Gasteiger partial charge in [0, 0.05) is 27.2 Å². The fourth-order valence-electron chi connectivity index (χ4n) is 4.03. The summed E-state index contributed by atoms with van der Waals surface area (Å²) >= 11 is 9.67. The van der Waals surface area contributed by atoms with Crippen molar-refractivity contribution in [3.8, 4) is 17.0 Å². The number of benzene rings is 3. The van der Waals surface area contributed by atoms with Gasteiger partial charge in [-0.05, 0) is 41.5 Å². The van der Waals surface area contributed by atoms with Gasteiger partial charge in [-0.3, -0.25) is 9.89 Å². The topological polar surface area (TPSA) is 69.2 Å². The third-order valence-corrected chi connectivity index (χ3v) is 6.22. The van der Waals surface area contributed by atoms with Gasteiger partial charge in [0.05, 0.1) is 6.04 Å². The van der Waals surface area contributed by atoms with Crippen molar-refractivity contribution in [1.82, 2.24) is 15.1 Å². The van der Waals surface area contributed by atoms with Gasteiger partial charge in [-0.25, -0.2) is 0 Å². The molecule has 2 N–H and O–H groups in total. The number of aromatic amines is 1. The first kappa shape index (κ1) is 19.8. The molecule has 0 bridgehead atoms. The normalized spacial score (nSPS) is 15.4. The number of phenolic OH excluding ortho intramolecular Hbond substituents is 1. The van der Waals surface area contributed by atoms with E-state index in [4.69, 9.17) is 11.6 Å². The van der Waals surface area contributed by atoms with E-state index in [1.54, 1.807) is 12.1 Å². The summed E-state index contributed by atoms with van der Waals surface area (Å²) in [4.78, 5) is 15.2. The van der Waals surface area contributed by atoms with Gasteiger partial charge in [0.1, 0.15) is 17.1 Å². The number of aromatic nitrogens is 2. The van der Waals surface area contributed by atoms with Crippen LogP contribution in [0.4, 0.5) is 0 Å². The molecule has 1 atom stereocenters. The van der Waals surface area contributed by atoms with E-state index in [1.165, 1.54) is 6.07 Å². The number of carbonyl (C=O) groups is 1. The van der Waals surface area contributed by atoms with Crippen molar-refractivity contribution in [2.75, 3.05) is 0 Å². The van der Waals surface area contributed by atoms with Gasteiger partial charge in [-0.15, -0.1) is 0 Å². The highest BCUT2D eigenvalue weighted by Crippen LogP contribution is 2.45. The Balaban J connectivity index is 1.68. The molecular weight excluding hydrogens is 478 g/mol. The van der Waals surface area contributed by atoms with Crippen LogP contribution in [-0.2, 0) is 6.54 Å². The molecule has 0 spiro atoms. The van der Waals surface area contributed by atoms with Gasteiger partial charge in [-0.1, -0.05) is 70.0 Å². The van der Waals surface area contributed by atoms with Crippen molar-refractivity contribution in [3.63, 3.8) is 0 Å². The molecule has 154 valence electrons. The van der Waals surface area contributed by atoms with Crippen LogP contribution in [0.5, 0.6) is 5.75 Å². The highest BCUT2D eigenvalue weighted by molar-refractivity contribution is 9.10. The summed E-state index contributed by atoms with van der Waals surface area (Å²) in [6.45, 7) is 0.448. The monoisotopic (exact) mass is 493 g/mol. The molecule has 0 saturated heterocycles. The van der Waals surface area contributed by atoms with Crippen molar-refractivity contribution in [1.29, 1.82) is 0 Å². The number of halogens is 2. The van der Waals surface area contributed by atoms with E-state index in [-0.39, 0.29) is 17.7 Å². The van der Waals surface area contributed by atoms with Crippen LogP contribution in [0.3, 0.4) is 0 Å². The van der Waals surface area contributed by atoms with Crippen LogP contribution in [0.2, 0.25) is 5.02 Å². The molecule has 2 heterocycles. The molecule has 0 saturated carbocycles. The molecule has 0 fully saturated rings. The summed E-state index contributed by atoms with van der Waals surface area (Å²) < 4.78 is 0.954. The number of carbonyl (C=O) groups excluding carboxylic acids is 1. The van der Waals surface area contributed by atoms with Crippen molar-refractivity contribution in [2.45, 2.75) is 12.6 Å². The smallest absolute Gasteiger partial charge is 0.273 e. The molecule has 1 aliphatic rings. The number of H-pyrrole nitrogens is 1. The van der Waals surface area contributed by atoms with E-state index in [2.05, 4.69) is 26.1 Å². The third kappa shape index (κ3) is 3.52. The Bertz CT molecular complexity index is 1270. The minimum absolute atomic E-state index is 0.0576. The highest BCUT2D eigenvalue weighted by Gasteiger charge is 2.42. The van der Waals surface area contributed by atoms with Gasteiger partial charge >= 0.3 is 0 Å². The molecule has 31 heavy (non-hydrogen) atoms. The molecule has 5 nitrogen and oxygen atoms in total. The van der Waals surface area contributed by atoms with E-state index >= 15 is 0 Å². The summed E-state index contributed by atoms with van der Waals surface area (Å²) in [5.41, 5.74) is 4.16. The van der Waals surface area contributed by atoms with Crippen molar-refractivity contribution >= 4 is 33.4 Å². The number of nitrogens with one attached hydrogen (secondary N) is 1. The van der Waals surface area contributed by atoms with E-state index in [9.17, 15) is 9.90 Å². The maximum Gasteiger partial charge on any atom is 0.273 e. The van der Waals surface area contributed by atoms with Crippen LogP contribution in [0.25, 0.3) is 11.3 Å². The second-order valence-corrected chi connectivity index (χ2v) is 8.75. The Kier molecular flexibility index (Phi) is 5.04. The number of hydrogen-bond donors (Lipinski definition) is 2. The maximum atomic E-state index is 13.4. The van der Waals surface area contributed by atoms with Gasteiger partial charge < -0.3 is 10.0 Å². The Morgan fingerprint density at radius 1 is 1.06 bits per heavy atom. The van der Waals surface area contributed by atoms with Crippen LogP contribution in [0.1, 0.15) is 33.2 Å². The third-order valence-electron chi connectivity index (χ3n) is 5.46. The fourth-order valence-corrected chi connectivity index (χ4v) is 4.47. The lowest BCUT2D eigenvalue weighted by Gasteiger charge is -2.26. The number of hydrogen-bond acceptors (Lipinski definition) is 3. The number of rotatable bonds is 4. The molecule has 1 aliphatic heterocycles. The zero-order valence-corrected chi connectivity index (χ0v) is 18.6. The Morgan fingerprint density at radius 3 is 2.55 bits per heavy atom. The molecule has 1 unspecified atom stereocenters. The summed E-state index contributed by atoms with van der Waals surface area (Å²) in [5, 5.41) is 18.3. The van der Waals surface area contributed by atoms with Gasteiger partial charge in [-0.2, -0.15) is 5.10 Å². The molecule has 4 aromatic rings. The molecular formula is C24H17BrClN3O2. The standard InChI is InChI=1S/C24H17BrClN3O2/c25-16-8-6-15(7-9-16)23-20-21(18-12-17(26)10-11-19(18)30)27-28-22(20)24(31)29(23)13-14-4-2-1-3-5-14/h1-12,23,30H,13H2,(H,27,28). The summed E-state index contributed by atoms with van der Waals surface area (Å²) in [5.74, 6) is -0.0748.